The third-order valence-electron chi connectivity index (χ3n) is 2.83. The topological polar surface area (TPSA) is 20.2 Å². The summed E-state index contributed by atoms with van der Waals surface area (Å²) >= 11 is 0. The number of benzene rings is 1. The summed E-state index contributed by atoms with van der Waals surface area (Å²) in [5, 5.41) is 9.28. The van der Waals surface area contributed by atoms with Crippen LogP contribution in [0.4, 0.5) is 0 Å². The van der Waals surface area contributed by atoms with Crippen LogP contribution in [-0.2, 0) is 6.42 Å². The summed E-state index contributed by atoms with van der Waals surface area (Å²) < 4.78 is 0. The summed E-state index contributed by atoms with van der Waals surface area (Å²) in [6.07, 6.45) is 4.58. The zero-order chi connectivity index (χ0) is 11.1. The first-order valence-corrected chi connectivity index (χ1v) is 5.92. The molecular weight excluding hydrogens is 184 g/mol. The first kappa shape index (κ1) is 12.3. The molecule has 0 amide bonds. The van der Waals surface area contributed by atoms with Crippen molar-refractivity contribution in [3.8, 4) is 0 Å². The SMILES string of the molecule is CCCCC(CO)Cc1cccc(C)c1. The number of aliphatic hydroxyl groups excluding tert-OH is 1. The summed E-state index contributed by atoms with van der Waals surface area (Å²) in [6, 6.07) is 8.58. The van der Waals surface area contributed by atoms with Crippen LogP contribution >= 0.6 is 0 Å². The van der Waals surface area contributed by atoms with Crippen molar-refractivity contribution in [3.05, 3.63) is 35.4 Å². The lowest BCUT2D eigenvalue weighted by Crippen LogP contribution is -2.09. The Morgan fingerprint density at radius 1 is 1.33 bits per heavy atom. The first-order valence-electron chi connectivity index (χ1n) is 5.92. The van der Waals surface area contributed by atoms with E-state index < -0.39 is 0 Å². The average Bonchev–Trinajstić information content (AvgIpc) is 2.24. The fourth-order valence-electron chi connectivity index (χ4n) is 1.92. The van der Waals surface area contributed by atoms with Gasteiger partial charge in [0.2, 0.25) is 0 Å². The molecule has 15 heavy (non-hydrogen) atoms. The number of unbranched alkanes of at least 4 members (excludes halogenated alkanes) is 1. The van der Waals surface area contributed by atoms with Gasteiger partial charge in [0.15, 0.2) is 0 Å². The lowest BCUT2D eigenvalue weighted by Gasteiger charge is -2.13. The molecule has 1 rings (SSSR count). The third-order valence-corrected chi connectivity index (χ3v) is 2.83. The van der Waals surface area contributed by atoms with Crippen LogP contribution in [0.3, 0.4) is 0 Å². The van der Waals surface area contributed by atoms with E-state index in [9.17, 15) is 5.11 Å². The molecule has 0 radical (unpaired) electrons. The van der Waals surface area contributed by atoms with Crippen LogP contribution in [0.25, 0.3) is 0 Å². The van der Waals surface area contributed by atoms with Gasteiger partial charge in [-0.15, -0.1) is 0 Å². The largest absolute Gasteiger partial charge is 0.396 e. The van der Waals surface area contributed by atoms with Crippen LogP contribution in [0, 0.1) is 12.8 Å². The van der Waals surface area contributed by atoms with Gasteiger partial charge in [-0.05, 0) is 31.2 Å². The van der Waals surface area contributed by atoms with E-state index in [4.69, 9.17) is 0 Å². The Kier molecular flexibility index (Phi) is 5.41. The highest BCUT2D eigenvalue weighted by molar-refractivity contribution is 5.22. The molecular formula is C14H22O. The Morgan fingerprint density at radius 3 is 2.73 bits per heavy atom. The maximum Gasteiger partial charge on any atom is 0.0462 e. The Labute approximate surface area is 93.1 Å². The second kappa shape index (κ2) is 6.62. The Hall–Kier alpha value is -0.820. The molecule has 1 unspecified atom stereocenters. The Morgan fingerprint density at radius 2 is 2.13 bits per heavy atom. The minimum Gasteiger partial charge on any atom is -0.396 e. The summed E-state index contributed by atoms with van der Waals surface area (Å²) in [7, 11) is 0. The Bertz CT molecular complexity index is 280. The summed E-state index contributed by atoms with van der Waals surface area (Å²) in [4.78, 5) is 0. The molecule has 0 heterocycles. The molecule has 1 aromatic carbocycles. The molecule has 0 aliphatic carbocycles. The maximum atomic E-state index is 9.28. The van der Waals surface area contributed by atoms with E-state index >= 15 is 0 Å². The van der Waals surface area contributed by atoms with Crippen molar-refractivity contribution in [1.82, 2.24) is 0 Å². The second-order valence-corrected chi connectivity index (χ2v) is 4.38. The van der Waals surface area contributed by atoms with E-state index in [0.29, 0.717) is 12.5 Å². The van der Waals surface area contributed by atoms with Gasteiger partial charge in [-0.25, -0.2) is 0 Å². The lowest BCUT2D eigenvalue weighted by atomic mass is 9.94. The predicted molar refractivity (Wildman–Crippen MR) is 65.0 cm³/mol. The zero-order valence-electron chi connectivity index (χ0n) is 9.87. The molecule has 84 valence electrons. The van der Waals surface area contributed by atoms with Crippen molar-refractivity contribution in [3.63, 3.8) is 0 Å². The van der Waals surface area contributed by atoms with Crippen LogP contribution < -0.4 is 0 Å². The molecule has 0 aliphatic heterocycles. The van der Waals surface area contributed by atoms with Gasteiger partial charge in [-0.2, -0.15) is 0 Å². The molecule has 0 aliphatic rings. The molecule has 1 atom stereocenters. The van der Waals surface area contributed by atoms with Crippen LogP contribution in [0.5, 0.6) is 0 Å². The van der Waals surface area contributed by atoms with Crippen LogP contribution in [0.2, 0.25) is 0 Å². The van der Waals surface area contributed by atoms with Crippen molar-refractivity contribution in [2.45, 2.75) is 39.5 Å². The number of aryl methyl sites for hydroxylation is 1. The van der Waals surface area contributed by atoms with Crippen molar-refractivity contribution < 1.29 is 5.11 Å². The fraction of sp³-hybridized carbons (Fsp3) is 0.571. The highest BCUT2D eigenvalue weighted by atomic mass is 16.3. The minimum atomic E-state index is 0.313. The van der Waals surface area contributed by atoms with Crippen molar-refractivity contribution in [2.75, 3.05) is 6.61 Å². The summed E-state index contributed by atoms with van der Waals surface area (Å²) in [5.41, 5.74) is 2.66. The van der Waals surface area contributed by atoms with Gasteiger partial charge < -0.3 is 5.11 Å². The van der Waals surface area contributed by atoms with E-state index in [2.05, 4.69) is 38.1 Å². The van der Waals surface area contributed by atoms with E-state index in [1.54, 1.807) is 0 Å². The third kappa shape index (κ3) is 4.48. The molecule has 0 spiro atoms. The van der Waals surface area contributed by atoms with Gasteiger partial charge in [-0.3, -0.25) is 0 Å². The second-order valence-electron chi connectivity index (χ2n) is 4.38. The molecule has 0 bridgehead atoms. The molecule has 1 N–H and O–H groups in total. The standard InChI is InChI=1S/C14H22O/c1-3-4-7-14(11-15)10-13-8-5-6-12(2)9-13/h5-6,8-9,14-15H,3-4,7,10-11H2,1-2H3. The van der Waals surface area contributed by atoms with Gasteiger partial charge in [0.1, 0.15) is 0 Å². The highest BCUT2D eigenvalue weighted by Gasteiger charge is 2.07. The molecule has 1 aromatic rings. The quantitative estimate of drug-likeness (QED) is 0.757. The highest BCUT2D eigenvalue weighted by Crippen LogP contribution is 2.15. The number of hydrogen-bond donors (Lipinski definition) is 1. The van der Waals surface area contributed by atoms with E-state index in [0.717, 1.165) is 12.8 Å². The normalized spacial score (nSPS) is 12.7. The van der Waals surface area contributed by atoms with Gasteiger partial charge in [-0.1, -0.05) is 49.6 Å². The van der Waals surface area contributed by atoms with E-state index in [1.807, 2.05) is 0 Å². The molecule has 1 nitrogen and oxygen atoms in total. The molecule has 0 saturated carbocycles. The number of hydrogen-bond acceptors (Lipinski definition) is 1. The van der Waals surface area contributed by atoms with Crippen LogP contribution in [-0.4, -0.2) is 11.7 Å². The number of aliphatic hydroxyl groups is 1. The molecule has 1 heteroatoms. The molecule has 0 aromatic heterocycles. The van der Waals surface area contributed by atoms with Crippen molar-refractivity contribution >= 4 is 0 Å². The van der Waals surface area contributed by atoms with Gasteiger partial charge >= 0.3 is 0 Å². The molecule has 0 fully saturated rings. The Balaban J connectivity index is 2.50. The summed E-state index contributed by atoms with van der Waals surface area (Å²) in [6.45, 7) is 4.62. The molecule has 0 saturated heterocycles. The smallest absolute Gasteiger partial charge is 0.0462 e. The van der Waals surface area contributed by atoms with Gasteiger partial charge in [0, 0.05) is 6.61 Å². The lowest BCUT2D eigenvalue weighted by molar-refractivity contribution is 0.215. The van der Waals surface area contributed by atoms with Gasteiger partial charge in [0.25, 0.3) is 0 Å². The monoisotopic (exact) mass is 206 g/mol. The van der Waals surface area contributed by atoms with E-state index in [-0.39, 0.29) is 0 Å². The zero-order valence-corrected chi connectivity index (χ0v) is 9.87. The van der Waals surface area contributed by atoms with E-state index in [1.165, 1.54) is 24.0 Å². The van der Waals surface area contributed by atoms with Crippen LogP contribution in [0.1, 0.15) is 37.3 Å². The maximum absolute atomic E-state index is 9.28. The fourth-order valence-corrected chi connectivity index (χ4v) is 1.92. The number of rotatable bonds is 6. The average molecular weight is 206 g/mol. The first-order chi connectivity index (χ1) is 7.26. The van der Waals surface area contributed by atoms with Gasteiger partial charge in [0.05, 0.1) is 0 Å². The predicted octanol–water partition coefficient (Wildman–Crippen LogP) is 3.34. The summed E-state index contributed by atoms with van der Waals surface area (Å²) in [5.74, 6) is 0.437. The van der Waals surface area contributed by atoms with Crippen molar-refractivity contribution in [2.24, 2.45) is 5.92 Å². The minimum absolute atomic E-state index is 0.313. The van der Waals surface area contributed by atoms with Crippen LogP contribution in [0.15, 0.2) is 24.3 Å². The van der Waals surface area contributed by atoms with Crippen molar-refractivity contribution in [1.29, 1.82) is 0 Å².